The van der Waals surface area contributed by atoms with Gasteiger partial charge in [0.25, 0.3) is 0 Å². The van der Waals surface area contributed by atoms with Crippen molar-refractivity contribution in [2.45, 2.75) is 56.9 Å². The molecule has 0 unspecified atom stereocenters. The molecule has 1 saturated carbocycles. The van der Waals surface area contributed by atoms with Gasteiger partial charge in [-0.25, -0.2) is 0 Å². The summed E-state index contributed by atoms with van der Waals surface area (Å²) in [6.07, 6.45) is 7.01. The van der Waals surface area contributed by atoms with Gasteiger partial charge in [0.2, 0.25) is 0 Å². The van der Waals surface area contributed by atoms with Crippen LogP contribution in [0.4, 0.5) is 0 Å². The second kappa shape index (κ2) is 5.49. The Labute approximate surface area is 138 Å². The number of piperidine rings is 1. The van der Waals surface area contributed by atoms with Gasteiger partial charge in [0, 0.05) is 17.0 Å². The first-order valence-electron chi connectivity index (χ1n) is 8.84. The van der Waals surface area contributed by atoms with Crippen LogP contribution in [0.3, 0.4) is 0 Å². The summed E-state index contributed by atoms with van der Waals surface area (Å²) in [4.78, 5) is 0. The molecule has 0 aromatic heterocycles. The third-order valence-corrected chi connectivity index (χ3v) is 7.32. The molecule has 2 aliphatic carbocycles. The van der Waals surface area contributed by atoms with E-state index >= 15 is 0 Å². The molecule has 1 aromatic carbocycles. The largest absolute Gasteiger partial charge is 0.382 e. The van der Waals surface area contributed by atoms with Crippen LogP contribution in [0.15, 0.2) is 18.2 Å². The van der Waals surface area contributed by atoms with Crippen molar-refractivity contribution in [3.05, 3.63) is 29.3 Å². The molecule has 2 fully saturated rings. The average Bonchev–Trinajstić information content (AvgIpc) is 2.54. The number of hydrogen-bond donors (Lipinski definition) is 1. The SMILES string of the molecule is CCS(=O)(=O)Oc1cccc2c1[C@@]13CCCC[C@H]1[C@@H](C2)NCC3. The summed E-state index contributed by atoms with van der Waals surface area (Å²) in [6.45, 7) is 2.66. The van der Waals surface area contributed by atoms with E-state index < -0.39 is 10.1 Å². The third kappa shape index (κ3) is 2.40. The van der Waals surface area contributed by atoms with E-state index in [0.717, 1.165) is 25.8 Å². The highest BCUT2D eigenvalue weighted by Gasteiger charge is 2.52. The smallest absolute Gasteiger partial charge is 0.308 e. The zero-order valence-electron chi connectivity index (χ0n) is 13.7. The topological polar surface area (TPSA) is 55.4 Å². The van der Waals surface area contributed by atoms with Crippen molar-refractivity contribution in [2.75, 3.05) is 12.3 Å². The van der Waals surface area contributed by atoms with Crippen LogP contribution >= 0.6 is 0 Å². The highest BCUT2D eigenvalue weighted by Crippen LogP contribution is 2.56. The molecule has 0 radical (unpaired) electrons. The summed E-state index contributed by atoms with van der Waals surface area (Å²) in [5.41, 5.74) is 2.60. The van der Waals surface area contributed by atoms with E-state index in [-0.39, 0.29) is 11.2 Å². The molecule has 2 bridgehead atoms. The fraction of sp³-hybridized carbons (Fsp3) is 0.667. The van der Waals surface area contributed by atoms with Crippen molar-refractivity contribution in [3.63, 3.8) is 0 Å². The molecule has 1 heterocycles. The first-order chi connectivity index (χ1) is 11.1. The Hall–Kier alpha value is -1.07. The standard InChI is InChI=1S/C18H25NO3S/c1-2-23(20,21)22-16-8-5-6-13-12-15-14-7-3-4-9-18(14,17(13)16)10-11-19-15/h5-6,8,14-15,19H,2-4,7,9-12H2,1H3/t14-,15+,18+/m0/s1. The number of hydrogen-bond acceptors (Lipinski definition) is 4. The van der Waals surface area contributed by atoms with Crippen LogP contribution in [0, 0.1) is 5.92 Å². The normalized spacial score (nSPS) is 32.7. The van der Waals surface area contributed by atoms with Crippen LogP contribution < -0.4 is 9.50 Å². The lowest BCUT2D eigenvalue weighted by Gasteiger charge is -2.56. The lowest BCUT2D eigenvalue weighted by molar-refractivity contribution is 0.0782. The second-order valence-electron chi connectivity index (χ2n) is 7.24. The van der Waals surface area contributed by atoms with Crippen LogP contribution in [-0.2, 0) is 22.0 Å². The van der Waals surface area contributed by atoms with Crippen LogP contribution in [0.25, 0.3) is 0 Å². The van der Waals surface area contributed by atoms with Gasteiger partial charge in [-0.3, -0.25) is 0 Å². The molecule has 3 atom stereocenters. The van der Waals surface area contributed by atoms with Gasteiger partial charge in [-0.2, -0.15) is 8.42 Å². The second-order valence-corrected chi connectivity index (χ2v) is 9.10. The molecule has 4 nitrogen and oxygen atoms in total. The van der Waals surface area contributed by atoms with Crippen LogP contribution in [-0.4, -0.2) is 26.8 Å². The number of rotatable bonds is 3. The van der Waals surface area contributed by atoms with Crippen molar-refractivity contribution in [1.29, 1.82) is 0 Å². The average molecular weight is 335 g/mol. The molecule has 1 N–H and O–H groups in total. The van der Waals surface area contributed by atoms with Crippen LogP contribution in [0.1, 0.15) is 50.2 Å². The van der Waals surface area contributed by atoms with E-state index in [1.165, 1.54) is 30.4 Å². The first kappa shape index (κ1) is 15.5. The zero-order valence-corrected chi connectivity index (χ0v) is 14.5. The quantitative estimate of drug-likeness (QED) is 0.863. The number of nitrogens with one attached hydrogen (secondary N) is 1. The molecule has 0 amide bonds. The Kier molecular flexibility index (Phi) is 3.69. The summed E-state index contributed by atoms with van der Waals surface area (Å²) in [5.74, 6) is 1.22. The molecule has 23 heavy (non-hydrogen) atoms. The zero-order chi connectivity index (χ0) is 16.1. The number of fused-ring (bicyclic) bond motifs is 1. The molecular formula is C18H25NO3S. The van der Waals surface area contributed by atoms with Gasteiger partial charge in [0.05, 0.1) is 5.75 Å². The lowest BCUT2D eigenvalue weighted by atomic mass is 9.52. The van der Waals surface area contributed by atoms with Crippen LogP contribution in [0.5, 0.6) is 5.75 Å². The molecule has 1 aromatic rings. The van der Waals surface area contributed by atoms with Crippen molar-refractivity contribution >= 4 is 10.1 Å². The maximum atomic E-state index is 12.1. The highest BCUT2D eigenvalue weighted by atomic mass is 32.2. The predicted molar refractivity (Wildman–Crippen MR) is 90.3 cm³/mol. The minimum absolute atomic E-state index is 0.0112. The Morgan fingerprint density at radius 2 is 2.17 bits per heavy atom. The molecule has 126 valence electrons. The summed E-state index contributed by atoms with van der Waals surface area (Å²) < 4.78 is 29.6. The Morgan fingerprint density at radius 3 is 3.00 bits per heavy atom. The fourth-order valence-corrected chi connectivity index (χ4v) is 5.78. The maximum Gasteiger partial charge on any atom is 0.308 e. The van der Waals surface area contributed by atoms with E-state index in [0.29, 0.717) is 17.7 Å². The predicted octanol–water partition coefficient (Wildman–Crippen LogP) is 2.76. The minimum atomic E-state index is -3.49. The van der Waals surface area contributed by atoms with Gasteiger partial charge in [-0.05, 0) is 56.7 Å². The Bertz CT molecular complexity index is 711. The summed E-state index contributed by atoms with van der Waals surface area (Å²) in [5, 5.41) is 3.71. The van der Waals surface area contributed by atoms with Crippen molar-refractivity contribution < 1.29 is 12.6 Å². The molecular weight excluding hydrogens is 310 g/mol. The van der Waals surface area contributed by atoms with E-state index in [4.69, 9.17) is 4.18 Å². The van der Waals surface area contributed by atoms with E-state index in [2.05, 4.69) is 11.4 Å². The van der Waals surface area contributed by atoms with Crippen molar-refractivity contribution in [2.24, 2.45) is 5.92 Å². The molecule has 0 spiro atoms. The fourth-order valence-electron chi connectivity index (χ4n) is 5.25. The summed E-state index contributed by atoms with van der Waals surface area (Å²) in [7, 11) is -3.49. The Balaban J connectivity index is 1.87. The molecule has 1 saturated heterocycles. The van der Waals surface area contributed by atoms with Crippen molar-refractivity contribution in [3.8, 4) is 5.75 Å². The minimum Gasteiger partial charge on any atom is -0.382 e. The van der Waals surface area contributed by atoms with Gasteiger partial charge < -0.3 is 9.50 Å². The lowest BCUT2D eigenvalue weighted by Crippen LogP contribution is -2.59. The first-order valence-corrected chi connectivity index (χ1v) is 10.4. The van der Waals surface area contributed by atoms with Crippen LogP contribution in [0.2, 0.25) is 0 Å². The summed E-state index contributed by atoms with van der Waals surface area (Å²) in [6, 6.07) is 6.49. The molecule has 1 aliphatic heterocycles. The monoisotopic (exact) mass is 335 g/mol. The van der Waals surface area contributed by atoms with Crippen molar-refractivity contribution in [1.82, 2.24) is 5.32 Å². The van der Waals surface area contributed by atoms with Gasteiger partial charge in [-0.15, -0.1) is 0 Å². The maximum absolute atomic E-state index is 12.1. The summed E-state index contributed by atoms with van der Waals surface area (Å²) >= 11 is 0. The number of benzene rings is 1. The third-order valence-electron chi connectivity index (χ3n) is 6.18. The van der Waals surface area contributed by atoms with E-state index in [1.54, 1.807) is 6.92 Å². The molecule has 4 rings (SSSR count). The Morgan fingerprint density at radius 1 is 1.30 bits per heavy atom. The van der Waals surface area contributed by atoms with Gasteiger partial charge in [-0.1, -0.05) is 25.0 Å². The van der Waals surface area contributed by atoms with Gasteiger partial charge in [0.15, 0.2) is 0 Å². The molecule has 3 aliphatic rings. The highest BCUT2D eigenvalue weighted by molar-refractivity contribution is 7.87. The van der Waals surface area contributed by atoms with E-state index in [9.17, 15) is 8.42 Å². The van der Waals surface area contributed by atoms with Gasteiger partial charge in [0.1, 0.15) is 5.75 Å². The van der Waals surface area contributed by atoms with Gasteiger partial charge >= 0.3 is 10.1 Å². The van der Waals surface area contributed by atoms with E-state index in [1.807, 2.05) is 12.1 Å². The molecule has 5 heteroatoms.